The maximum absolute atomic E-state index is 12.2. The number of carbonyl (C=O) groups excluding carboxylic acids is 1. The number of amidine groups is 1. The molecule has 0 aromatic heterocycles. The van der Waals surface area contributed by atoms with Gasteiger partial charge >= 0.3 is 0 Å². The van der Waals surface area contributed by atoms with Crippen molar-refractivity contribution >= 4 is 66.5 Å². The monoisotopic (exact) mass is 480 g/mol. The van der Waals surface area contributed by atoms with Crippen molar-refractivity contribution in [1.29, 1.82) is 0 Å². The molecule has 0 atom stereocenters. The zero-order chi connectivity index (χ0) is 18.1. The molecule has 25 heavy (non-hydrogen) atoms. The summed E-state index contributed by atoms with van der Waals surface area (Å²) in [6.07, 6.45) is 1.65. The van der Waals surface area contributed by atoms with Crippen molar-refractivity contribution in [2.75, 3.05) is 0 Å². The highest BCUT2D eigenvalue weighted by Crippen LogP contribution is 2.36. The first-order chi connectivity index (χ1) is 11.8. The van der Waals surface area contributed by atoms with Crippen molar-refractivity contribution in [2.24, 2.45) is 4.99 Å². The molecule has 3 rings (SSSR count). The van der Waals surface area contributed by atoms with Gasteiger partial charge in [-0.05, 0) is 76.9 Å². The number of rotatable bonds is 2. The minimum atomic E-state index is -0.232. The van der Waals surface area contributed by atoms with Crippen LogP contribution in [-0.2, 0) is 4.79 Å². The first-order valence-electron chi connectivity index (χ1n) is 7.38. The van der Waals surface area contributed by atoms with Gasteiger partial charge in [-0.3, -0.25) is 4.79 Å². The molecule has 1 aliphatic rings. The average Bonchev–Trinajstić information content (AvgIpc) is 2.87. The largest absolute Gasteiger partial charge is 0.506 e. The van der Waals surface area contributed by atoms with Crippen LogP contribution in [0, 0.1) is 13.8 Å². The second kappa shape index (κ2) is 7.35. The normalized spacial score (nSPS) is 17.4. The zero-order valence-corrected chi connectivity index (χ0v) is 17.4. The van der Waals surface area contributed by atoms with Gasteiger partial charge in [0.15, 0.2) is 5.17 Å². The number of nitrogens with one attached hydrogen (secondary N) is 1. The van der Waals surface area contributed by atoms with Crippen LogP contribution in [0.4, 0.5) is 5.69 Å². The van der Waals surface area contributed by atoms with Crippen molar-refractivity contribution in [3.05, 3.63) is 60.9 Å². The van der Waals surface area contributed by atoms with Gasteiger partial charge in [-0.1, -0.05) is 28.1 Å². The van der Waals surface area contributed by atoms with Crippen LogP contribution in [0.2, 0.25) is 0 Å². The molecule has 0 unspecified atom stereocenters. The third-order valence-electron chi connectivity index (χ3n) is 3.58. The SMILES string of the molecule is Cc1ccc(C)c(N=C2NC(=O)/C(=C/c3cc(Br)cc(Br)c3O)S2)c1. The molecule has 0 aliphatic carbocycles. The molecule has 1 fully saturated rings. The fourth-order valence-electron chi connectivity index (χ4n) is 2.27. The van der Waals surface area contributed by atoms with Gasteiger partial charge in [-0.25, -0.2) is 4.99 Å². The zero-order valence-electron chi connectivity index (χ0n) is 13.4. The first-order valence-corrected chi connectivity index (χ1v) is 9.78. The summed E-state index contributed by atoms with van der Waals surface area (Å²) < 4.78 is 1.36. The van der Waals surface area contributed by atoms with Crippen LogP contribution in [0.25, 0.3) is 6.08 Å². The van der Waals surface area contributed by atoms with E-state index in [0.29, 0.717) is 20.1 Å². The molecule has 4 nitrogen and oxygen atoms in total. The van der Waals surface area contributed by atoms with Crippen LogP contribution < -0.4 is 5.32 Å². The number of hydrogen-bond donors (Lipinski definition) is 2. The van der Waals surface area contributed by atoms with Crippen molar-refractivity contribution in [3.63, 3.8) is 0 Å². The van der Waals surface area contributed by atoms with Crippen molar-refractivity contribution in [1.82, 2.24) is 5.32 Å². The van der Waals surface area contributed by atoms with Crippen molar-refractivity contribution in [2.45, 2.75) is 13.8 Å². The quantitative estimate of drug-likeness (QED) is 0.562. The lowest BCUT2D eigenvalue weighted by Gasteiger charge is -2.03. The first kappa shape index (κ1) is 18.2. The molecule has 0 saturated carbocycles. The molecular weight excluding hydrogens is 468 g/mol. The summed E-state index contributed by atoms with van der Waals surface area (Å²) in [4.78, 5) is 17.2. The van der Waals surface area contributed by atoms with Crippen LogP contribution in [-0.4, -0.2) is 16.2 Å². The molecule has 1 amide bonds. The number of thioether (sulfide) groups is 1. The van der Waals surface area contributed by atoms with E-state index in [-0.39, 0.29) is 11.7 Å². The van der Waals surface area contributed by atoms with Crippen LogP contribution >= 0.6 is 43.6 Å². The molecule has 1 heterocycles. The Bertz CT molecular complexity index is 939. The predicted molar refractivity (Wildman–Crippen MR) is 110 cm³/mol. The molecule has 128 valence electrons. The summed E-state index contributed by atoms with van der Waals surface area (Å²) in [6.45, 7) is 3.98. The molecule has 2 aromatic carbocycles. The van der Waals surface area contributed by atoms with E-state index in [1.807, 2.05) is 32.0 Å². The number of phenolic OH excluding ortho intramolecular Hbond substituents is 1. The Morgan fingerprint density at radius 2 is 1.96 bits per heavy atom. The summed E-state index contributed by atoms with van der Waals surface area (Å²) >= 11 is 7.93. The third-order valence-corrected chi connectivity index (χ3v) is 5.55. The maximum atomic E-state index is 12.2. The Balaban J connectivity index is 1.93. The fourth-order valence-corrected chi connectivity index (χ4v) is 4.35. The molecule has 7 heteroatoms. The van der Waals surface area contributed by atoms with Gasteiger partial charge in [0.1, 0.15) is 5.75 Å². The topological polar surface area (TPSA) is 61.7 Å². The smallest absolute Gasteiger partial charge is 0.264 e. The molecule has 0 radical (unpaired) electrons. The van der Waals surface area contributed by atoms with E-state index in [2.05, 4.69) is 42.2 Å². The highest BCUT2D eigenvalue weighted by Gasteiger charge is 2.24. The number of phenols is 1. The Hall–Kier alpha value is -1.57. The molecule has 0 bridgehead atoms. The summed E-state index contributed by atoms with van der Waals surface area (Å²) in [7, 11) is 0. The van der Waals surface area contributed by atoms with Gasteiger partial charge in [0.2, 0.25) is 0 Å². The second-order valence-corrected chi connectivity index (χ2v) is 8.40. The van der Waals surface area contributed by atoms with E-state index in [9.17, 15) is 9.90 Å². The van der Waals surface area contributed by atoms with Gasteiger partial charge < -0.3 is 10.4 Å². The lowest BCUT2D eigenvalue weighted by molar-refractivity contribution is -0.115. The van der Waals surface area contributed by atoms with Gasteiger partial charge in [0.25, 0.3) is 5.91 Å². The van der Waals surface area contributed by atoms with E-state index in [0.717, 1.165) is 21.3 Å². The van der Waals surface area contributed by atoms with E-state index in [1.165, 1.54) is 11.8 Å². The number of aromatic hydroxyl groups is 1. The molecule has 1 saturated heterocycles. The van der Waals surface area contributed by atoms with E-state index >= 15 is 0 Å². The Morgan fingerprint density at radius 1 is 1.20 bits per heavy atom. The number of aliphatic imine (C=N–C) groups is 1. The van der Waals surface area contributed by atoms with Crippen LogP contribution in [0.5, 0.6) is 5.75 Å². The average molecular weight is 482 g/mol. The summed E-state index contributed by atoms with van der Waals surface area (Å²) in [5.41, 5.74) is 3.53. The number of amides is 1. The molecule has 1 aliphatic heterocycles. The van der Waals surface area contributed by atoms with Crippen LogP contribution in [0.1, 0.15) is 16.7 Å². The minimum Gasteiger partial charge on any atom is -0.506 e. The molecule has 2 aromatic rings. The molecular formula is C18H14Br2N2O2S. The lowest BCUT2D eigenvalue weighted by atomic mass is 10.1. The Kier molecular flexibility index (Phi) is 5.36. The highest BCUT2D eigenvalue weighted by atomic mass is 79.9. The number of carbonyl (C=O) groups is 1. The maximum Gasteiger partial charge on any atom is 0.264 e. The number of halogens is 2. The van der Waals surface area contributed by atoms with Gasteiger partial charge in [0.05, 0.1) is 15.1 Å². The highest BCUT2D eigenvalue weighted by molar-refractivity contribution is 9.11. The van der Waals surface area contributed by atoms with Crippen molar-refractivity contribution in [3.8, 4) is 5.75 Å². The van der Waals surface area contributed by atoms with E-state index in [4.69, 9.17) is 0 Å². The summed E-state index contributed by atoms with van der Waals surface area (Å²) in [5.74, 6) is -0.145. The Morgan fingerprint density at radius 3 is 2.72 bits per heavy atom. The standard InChI is InChI=1S/C18H14Br2N2O2S/c1-9-3-4-10(2)14(5-9)21-18-22-17(24)15(25-18)7-11-6-12(19)8-13(20)16(11)23/h3-8,23H,1-2H3,(H,21,22,24)/b15-7-. The summed E-state index contributed by atoms with van der Waals surface area (Å²) in [5, 5.41) is 13.4. The van der Waals surface area contributed by atoms with Crippen LogP contribution in [0.15, 0.2) is 49.2 Å². The van der Waals surface area contributed by atoms with E-state index < -0.39 is 0 Å². The number of benzene rings is 2. The van der Waals surface area contributed by atoms with Crippen LogP contribution in [0.3, 0.4) is 0 Å². The number of hydrogen-bond acceptors (Lipinski definition) is 4. The summed E-state index contributed by atoms with van der Waals surface area (Å²) in [6, 6.07) is 9.50. The minimum absolute atomic E-state index is 0.0871. The third kappa shape index (κ3) is 4.16. The fraction of sp³-hybridized carbons (Fsp3) is 0.111. The molecule has 0 spiro atoms. The van der Waals surface area contributed by atoms with Crippen molar-refractivity contribution < 1.29 is 9.90 Å². The molecule has 2 N–H and O–H groups in total. The lowest BCUT2D eigenvalue weighted by Crippen LogP contribution is -2.19. The number of nitrogens with zero attached hydrogens (tertiary/aromatic N) is 1. The second-order valence-electron chi connectivity index (χ2n) is 5.60. The number of aryl methyl sites for hydroxylation is 2. The van der Waals surface area contributed by atoms with E-state index in [1.54, 1.807) is 18.2 Å². The van der Waals surface area contributed by atoms with Gasteiger partial charge in [0, 0.05) is 10.0 Å². The predicted octanol–water partition coefficient (Wildman–Crippen LogP) is 5.43. The Labute approximate surface area is 166 Å². The van der Waals surface area contributed by atoms with Gasteiger partial charge in [-0.2, -0.15) is 0 Å². The van der Waals surface area contributed by atoms with Gasteiger partial charge in [-0.15, -0.1) is 0 Å².